The first-order valence-corrected chi connectivity index (χ1v) is 6.94. The number of thiophene rings is 1. The number of rotatable bonds is 4. The van der Waals surface area contributed by atoms with E-state index in [0.717, 1.165) is 11.6 Å². The van der Waals surface area contributed by atoms with Gasteiger partial charge in [0.1, 0.15) is 0 Å². The van der Waals surface area contributed by atoms with Crippen LogP contribution < -0.4 is 5.32 Å². The van der Waals surface area contributed by atoms with Gasteiger partial charge in [0.25, 0.3) is 0 Å². The van der Waals surface area contributed by atoms with Gasteiger partial charge < -0.3 is 5.32 Å². The average Bonchev–Trinajstić information content (AvgIpc) is 2.73. The first-order chi connectivity index (χ1) is 8.16. The van der Waals surface area contributed by atoms with Gasteiger partial charge in [0, 0.05) is 22.5 Å². The molecule has 0 saturated heterocycles. The second kappa shape index (κ2) is 5.67. The highest BCUT2D eigenvalue weighted by Crippen LogP contribution is 2.19. The smallest absolute Gasteiger partial charge is 0.0406 e. The summed E-state index contributed by atoms with van der Waals surface area (Å²) in [5, 5.41) is 6.45. The van der Waals surface area contributed by atoms with Crippen LogP contribution in [0.2, 0.25) is 5.02 Å². The van der Waals surface area contributed by atoms with E-state index in [1.165, 1.54) is 16.0 Å². The van der Waals surface area contributed by atoms with Crippen molar-refractivity contribution in [3.63, 3.8) is 0 Å². The van der Waals surface area contributed by atoms with Gasteiger partial charge in [-0.3, -0.25) is 0 Å². The largest absolute Gasteiger partial charge is 0.305 e. The van der Waals surface area contributed by atoms with Crippen LogP contribution in [0.3, 0.4) is 0 Å². The third-order valence-corrected chi connectivity index (χ3v) is 4.18. The fraction of sp³-hybridized carbons (Fsp3) is 0.286. The van der Waals surface area contributed by atoms with E-state index in [9.17, 15) is 0 Å². The highest BCUT2D eigenvalue weighted by Gasteiger charge is 2.06. The quantitative estimate of drug-likeness (QED) is 0.855. The standard InChI is InChI=1S/C14H16ClNS/c1-10-7-8-17-14(10)9-16-11(2)12-3-5-13(15)6-4-12/h3-8,11,16H,9H2,1-2H3/t11-/m1/s1. The monoisotopic (exact) mass is 265 g/mol. The molecule has 0 aliphatic carbocycles. The van der Waals surface area contributed by atoms with E-state index in [-0.39, 0.29) is 0 Å². The molecule has 2 rings (SSSR count). The molecule has 1 heterocycles. The van der Waals surface area contributed by atoms with Crippen LogP contribution in [0.25, 0.3) is 0 Å². The summed E-state index contributed by atoms with van der Waals surface area (Å²) in [6.45, 7) is 5.25. The van der Waals surface area contributed by atoms with E-state index in [4.69, 9.17) is 11.6 Å². The maximum absolute atomic E-state index is 5.88. The minimum atomic E-state index is 0.341. The molecule has 0 bridgehead atoms. The Balaban J connectivity index is 1.95. The summed E-state index contributed by atoms with van der Waals surface area (Å²) in [7, 11) is 0. The topological polar surface area (TPSA) is 12.0 Å². The first kappa shape index (κ1) is 12.6. The Bertz CT molecular complexity index is 475. The van der Waals surface area contributed by atoms with Crippen LogP contribution in [-0.4, -0.2) is 0 Å². The maximum atomic E-state index is 5.88. The van der Waals surface area contributed by atoms with Crippen LogP contribution in [-0.2, 0) is 6.54 Å². The van der Waals surface area contributed by atoms with E-state index >= 15 is 0 Å². The predicted molar refractivity (Wildman–Crippen MR) is 75.8 cm³/mol. The Kier molecular flexibility index (Phi) is 4.21. The van der Waals surface area contributed by atoms with Gasteiger partial charge in [-0.2, -0.15) is 0 Å². The Morgan fingerprint density at radius 3 is 2.53 bits per heavy atom. The van der Waals surface area contributed by atoms with Gasteiger partial charge in [0.05, 0.1) is 0 Å². The Hall–Kier alpha value is -0.830. The molecular formula is C14H16ClNS. The van der Waals surface area contributed by atoms with Crippen LogP contribution in [0.4, 0.5) is 0 Å². The number of aryl methyl sites for hydroxylation is 1. The molecule has 0 amide bonds. The summed E-state index contributed by atoms with van der Waals surface area (Å²) in [6.07, 6.45) is 0. The van der Waals surface area contributed by atoms with Crippen molar-refractivity contribution in [1.29, 1.82) is 0 Å². The number of hydrogen-bond acceptors (Lipinski definition) is 2. The number of benzene rings is 1. The van der Waals surface area contributed by atoms with E-state index in [0.29, 0.717) is 6.04 Å². The molecular weight excluding hydrogens is 250 g/mol. The minimum absolute atomic E-state index is 0.341. The zero-order valence-corrected chi connectivity index (χ0v) is 11.6. The maximum Gasteiger partial charge on any atom is 0.0406 e. The van der Waals surface area contributed by atoms with Crippen molar-refractivity contribution >= 4 is 22.9 Å². The third kappa shape index (κ3) is 3.32. The summed E-state index contributed by atoms with van der Waals surface area (Å²) in [6, 6.07) is 10.5. The van der Waals surface area contributed by atoms with Gasteiger partial charge in [-0.25, -0.2) is 0 Å². The molecule has 1 atom stereocenters. The van der Waals surface area contributed by atoms with E-state index in [2.05, 4.69) is 42.7 Å². The molecule has 17 heavy (non-hydrogen) atoms. The predicted octanol–water partition coefficient (Wildman–Crippen LogP) is 4.56. The molecule has 2 aromatic rings. The van der Waals surface area contributed by atoms with Crippen molar-refractivity contribution < 1.29 is 0 Å². The zero-order valence-electron chi connectivity index (χ0n) is 10.0. The lowest BCUT2D eigenvalue weighted by Gasteiger charge is -2.14. The van der Waals surface area contributed by atoms with Crippen molar-refractivity contribution in [3.8, 4) is 0 Å². The SMILES string of the molecule is Cc1ccsc1CN[C@H](C)c1ccc(Cl)cc1. The van der Waals surface area contributed by atoms with Crippen LogP contribution in [0.5, 0.6) is 0 Å². The van der Waals surface area contributed by atoms with Gasteiger partial charge in [-0.05, 0) is 48.6 Å². The molecule has 0 aliphatic heterocycles. The van der Waals surface area contributed by atoms with E-state index < -0.39 is 0 Å². The molecule has 0 saturated carbocycles. The molecule has 0 spiro atoms. The minimum Gasteiger partial charge on any atom is -0.305 e. The summed E-state index contributed by atoms with van der Waals surface area (Å²) >= 11 is 7.68. The van der Waals surface area contributed by atoms with Crippen LogP contribution in [0.15, 0.2) is 35.7 Å². The van der Waals surface area contributed by atoms with Gasteiger partial charge in [-0.1, -0.05) is 23.7 Å². The van der Waals surface area contributed by atoms with Gasteiger partial charge >= 0.3 is 0 Å². The van der Waals surface area contributed by atoms with Gasteiger partial charge in [0.2, 0.25) is 0 Å². The average molecular weight is 266 g/mol. The van der Waals surface area contributed by atoms with Crippen molar-refractivity contribution in [2.75, 3.05) is 0 Å². The summed E-state index contributed by atoms with van der Waals surface area (Å²) in [4.78, 5) is 1.41. The Morgan fingerprint density at radius 1 is 1.24 bits per heavy atom. The van der Waals surface area contributed by atoms with Crippen molar-refractivity contribution in [2.24, 2.45) is 0 Å². The molecule has 0 aliphatic rings. The molecule has 0 unspecified atom stereocenters. The van der Waals surface area contributed by atoms with Crippen LogP contribution in [0, 0.1) is 6.92 Å². The second-order valence-electron chi connectivity index (χ2n) is 4.18. The molecule has 1 N–H and O–H groups in total. The first-order valence-electron chi connectivity index (χ1n) is 5.68. The number of halogens is 1. The summed E-state index contributed by atoms with van der Waals surface area (Å²) in [5.41, 5.74) is 2.63. The lowest BCUT2D eigenvalue weighted by molar-refractivity contribution is 0.578. The fourth-order valence-corrected chi connectivity index (χ4v) is 2.68. The summed E-state index contributed by atoms with van der Waals surface area (Å²) < 4.78 is 0. The van der Waals surface area contributed by atoms with Gasteiger partial charge in [0.15, 0.2) is 0 Å². The highest BCUT2D eigenvalue weighted by atomic mass is 35.5. The second-order valence-corrected chi connectivity index (χ2v) is 5.62. The third-order valence-electron chi connectivity index (χ3n) is 2.91. The van der Waals surface area contributed by atoms with Crippen molar-refractivity contribution in [3.05, 3.63) is 56.7 Å². The Morgan fingerprint density at radius 2 is 1.94 bits per heavy atom. The normalized spacial score (nSPS) is 12.6. The molecule has 3 heteroatoms. The fourth-order valence-electron chi connectivity index (χ4n) is 1.70. The molecule has 0 radical (unpaired) electrons. The zero-order chi connectivity index (χ0) is 12.3. The van der Waals surface area contributed by atoms with Crippen molar-refractivity contribution in [1.82, 2.24) is 5.32 Å². The molecule has 1 aromatic carbocycles. The molecule has 1 nitrogen and oxygen atoms in total. The summed E-state index contributed by atoms with van der Waals surface area (Å²) in [5.74, 6) is 0. The van der Waals surface area contributed by atoms with Gasteiger partial charge in [-0.15, -0.1) is 11.3 Å². The van der Waals surface area contributed by atoms with Crippen molar-refractivity contribution in [2.45, 2.75) is 26.4 Å². The molecule has 90 valence electrons. The van der Waals surface area contributed by atoms with Crippen LogP contribution >= 0.6 is 22.9 Å². The number of hydrogen-bond donors (Lipinski definition) is 1. The lowest BCUT2D eigenvalue weighted by atomic mass is 10.1. The van der Waals surface area contributed by atoms with Crippen LogP contribution in [0.1, 0.15) is 29.0 Å². The lowest BCUT2D eigenvalue weighted by Crippen LogP contribution is -2.17. The number of nitrogens with one attached hydrogen (secondary N) is 1. The highest BCUT2D eigenvalue weighted by molar-refractivity contribution is 7.10. The molecule has 1 aromatic heterocycles. The van der Waals surface area contributed by atoms with E-state index in [1.807, 2.05) is 12.1 Å². The molecule has 0 fully saturated rings. The van der Waals surface area contributed by atoms with E-state index in [1.54, 1.807) is 11.3 Å². The Labute approximate surface area is 111 Å².